The third kappa shape index (κ3) is 8.98. The van der Waals surface area contributed by atoms with Gasteiger partial charge in [0.2, 0.25) is 5.91 Å². The van der Waals surface area contributed by atoms with Gasteiger partial charge in [-0.25, -0.2) is 0 Å². The van der Waals surface area contributed by atoms with Gasteiger partial charge in [0.25, 0.3) is 0 Å². The number of rotatable bonds is 12. The molecular weight excluding hydrogens is 404 g/mol. The third-order valence-corrected chi connectivity index (χ3v) is 4.73. The van der Waals surface area contributed by atoms with Gasteiger partial charge in [0.05, 0.1) is 6.61 Å². The molecule has 7 heteroatoms. The van der Waals surface area contributed by atoms with Crippen molar-refractivity contribution in [3.63, 3.8) is 0 Å². The Labute approximate surface area is 191 Å². The summed E-state index contributed by atoms with van der Waals surface area (Å²) in [6.07, 6.45) is 1.35. The number of nitrogens with zero attached hydrogens (tertiary/aromatic N) is 1. The van der Waals surface area contributed by atoms with Crippen molar-refractivity contribution in [3.8, 4) is 5.75 Å². The van der Waals surface area contributed by atoms with Crippen molar-refractivity contribution in [1.29, 1.82) is 0 Å². The minimum absolute atomic E-state index is 0.0347. The maximum absolute atomic E-state index is 11.8. The highest BCUT2D eigenvalue weighted by molar-refractivity contribution is 5.90. The second-order valence-electron chi connectivity index (χ2n) is 7.43. The van der Waals surface area contributed by atoms with Crippen molar-refractivity contribution in [3.05, 3.63) is 59.2 Å². The van der Waals surface area contributed by atoms with Crippen LogP contribution < -0.4 is 20.7 Å². The SMILES string of the molecule is CCCC(=O)Nc1cccc(CNC(=NC)NCc2ccc(C)cc2OCCOCC)c1. The zero-order valence-electron chi connectivity index (χ0n) is 19.7. The van der Waals surface area contributed by atoms with E-state index in [1.807, 2.05) is 51.1 Å². The van der Waals surface area contributed by atoms with Crippen LogP contribution in [-0.4, -0.2) is 38.7 Å². The van der Waals surface area contributed by atoms with Crippen molar-refractivity contribution in [2.45, 2.75) is 46.7 Å². The molecule has 0 saturated carbocycles. The third-order valence-electron chi connectivity index (χ3n) is 4.73. The van der Waals surface area contributed by atoms with Crippen LogP contribution in [0.25, 0.3) is 0 Å². The van der Waals surface area contributed by atoms with Crippen molar-refractivity contribution in [1.82, 2.24) is 10.6 Å². The highest BCUT2D eigenvalue weighted by atomic mass is 16.5. The summed E-state index contributed by atoms with van der Waals surface area (Å²) in [6.45, 7) is 8.94. The maximum atomic E-state index is 11.8. The van der Waals surface area contributed by atoms with E-state index < -0.39 is 0 Å². The molecule has 0 unspecified atom stereocenters. The van der Waals surface area contributed by atoms with E-state index in [1.165, 1.54) is 0 Å². The van der Waals surface area contributed by atoms with Gasteiger partial charge in [-0.3, -0.25) is 9.79 Å². The van der Waals surface area contributed by atoms with Gasteiger partial charge in [0.1, 0.15) is 12.4 Å². The second-order valence-corrected chi connectivity index (χ2v) is 7.43. The Morgan fingerprint density at radius 2 is 1.84 bits per heavy atom. The first-order valence-electron chi connectivity index (χ1n) is 11.2. The molecule has 7 nitrogen and oxygen atoms in total. The lowest BCUT2D eigenvalue weighted by atomic mass is 10.1. The fourth-order valence-electron chi connectivity index (χ4n) is 3.09. The number of carbonyl (C=O) groups excluding carboxylic acids is 1. The molecule has 0 bridgehead atoms. The molecule has 2 rings (SSSR count). The molecule has 0 radical (unpaired) electrons. The summed E-state index contributed by atoms with van der Waals surface area (Å²) in [7, 11) is 1.74. The minimum Gasteiger partial charge on any atom is -0.491 e. The molecule has 0 aliphatic rings. The van der Waals surface area contributed by atoms with Gasteiger partial charge in [0.15, 0.2) is 5.96 Å². The van der Waals surface area contributed by atoms with Crippen LogP contribution in [0.1, 0.15) is 43.4 Å². The Bertz CT molecular complexity index is 883. The number of anilines is 1. The van der Waals surface area contributed by atoms with Gasteiger partial charge >= 0.3 is 0 Å². The lowest BCUT2D eigenvalue weighted by Crippen LogP contribution is -2.36. The Morgan fingerprint density at radius 1 is 1.03 bits per heavy atom. The van der Waals surface area contributed by atoms with Crippen LogP contribution in [0, 0.1) is 6.92 Å². The average molecular weight is 441 g/mol. The van der Waals surface area contributed by atoms with E-state index in [-0.39, 0.29) is 5.91 Å². The number of aryl methyl sites for hydroxylation is 1. The van der Waals surface area contributed by atoms with Crippen molar-refractivity contribution in [2.75, 3.05) is 32.2 Å². The molecule has 0 fully saturated rings. The molecule has 0 heterocycles. The number of hydrogen-bond acceptors (Lipinski definition) is 4. The number of carbonyl (C=O) groups is 1. The minimum atomic E-state index is 0.0347. The highest BCUT2D eigenvalue weighted by Crippen LogP contribution is 2.20. The van der Waals surface area contributed by atoms with Gasteiger partial charge in [0, 0.05) is 44.4 Å². The van der Waals surface area contributed by atoms with E-state index in [9.17, 15) is 4.79 Å². The van der Waals surface area contributed by atoms with Crippen molar-refractivity contribution < 1.29 is 14.3 Å². The smallest absolute Gasteiger partial charge is 0.224 e. The second kappa shape index (κ2) is 14.1. The predicted molar refractivity (Wildman–Crippen MR) is 130 cm³/mol. The van der Waals surface area contributed by atoms with E-state index in [4.69, 9.17) is 9.47 Å². The van der Waals surface area contributed by atoms with Crippen LogP contribution >= 0.6 is 0 Å². The molecule has 0 spiro atoms. The quantitative estimate of drug-likeness (QED) is 0.264. The zero-order valence-corrected chi connectivity index (χ0v) is 19.7. The lowest BCUT2D eigenvalue weighted by Gasteiger charge is -2.16. The largest absolute Gasteiger partial charge is 0.491 e. The molecule has 0 aliphatic carbocycles. The van der Waals surface area contributed by atoms with Crippen LogP contribution in [0.15, 0.2) is 47.5 Å². The van der Waals surface area contributed by atoms with Crippen LogP contribution in [0.4, 0.5) is 5.69 Å². The Balaban J connectivity index is 1.90. The summed E-state index contributed by atoms with van der Waals surface area (Å²) in [5.74, 6) is 1.57. The van der Waals surface area contributed by atoms with Crippen LogP contribution in [0.5, 0.6) is 5.75 Å². The summed E-state index contributed by atoms with van der Waals surface area (Å²) < 4.78 is 11.3. The zero-order chi connectivity index (χ0) is 23.2. The van der Waals surface area contributed by atoms with Gasteiger partial charge in [-0.15, -0.1) is 0 Å². The Morgan fingerprint density at radius 3 is 2.59 bits per heavy atom. The van der Waals surface area contributed by atoms with E-state index in [0.29, 0.717) is 45.3 Å². The standard InChI is InChI=1S/C25H36N4O3/c1-5-8-24(30)29-22-10-7-9-20(16-22)17-27-25(26-4)28-18-21-12-11-19(3)15-23(21)32-14-13-31-6-2/h7,9-12,15-16H,5-6,8,13-14,17-18H2,1-4H3,(H,29,30)(H2,26,27,28). The molecular formula is C25H36N4O3. The highest BCUT2D eigenvalue weighted by Gasteiger charge is 2.07. The van der Waals surface area contributed by atoms with Gasteiger partial charge in [-0.1, -0.05) is 31.2 Å². The average Bonchev–Trinajstić information content (AvgIpc) is 2.78. The number of aliphatic imine (C=N–C) groups is 1. The van der Waals surface area contributed by atoms with E-state index in [0.717, 1.165) is 34.5 Å². The lowest BCUT2D eigenvalue weighted by molar-refractivity contribution is -0.116. The van der Waals surface area contributed by atoms with Gasteiger partial charge < -0.3 is 25.4 Å². The first-order valence-corrected chi connectivity index (χ1v) is 11.2. The molecule has 0 aromatic heterocycles. The summed E-state index contributed by atoms with van der Waals surface area (Å²) in [5, 5.41) is 9.59. The topological polar surface area (TPSA) is 84.0 Å². The summed E-state index contributed by atoms with van der Waals surface area (Å²) in [5.41, 5.74) is 4.06. The van der Waals surface area contributed by atoms with E-state index in [2.05, 4.69) is 33.1 Å². The molecule has 3 N–H and O–H groups in total. The first-order chi connectivity index (χ1) is 15.5. The maximum Gasteiger partial charge on any atom is 0.224 e. The number of ether oxygens (including phenoxy) is 2. The fraction of sp³-hybridized carbons (Fsp3) is 0.440. The number of guanidine groups is 1. The molecule has 174 valence electrons. The number of hydrogen-bond donors (Lipinski definition) is 3. The molecule has 2 aromatic carbocycles. The first kappa shape index (κ1) is 25.2. The van der Waals surface area contributed by atoms with Crippen LogP contribution in [0.3, 0.4) is 0 Å². The van der Waals surface area contributed by atoms with Crippen LogP contribution in [-0.2, 0) is 22.6 Å². The molecule has 2 aromatic rings. The van der Waals surface area contributed by atoms with Crippen LogP contribution in [0.2, 0.25) is 0 Å². The molecule has 0 saturated heterocycles. The van der Waals surface area contributed by atoms with Gasteiger partial charge in [-0.2, -0.15) is 0 Å². The summed E-state index contributed by atoms with van der Waals surface area (Å²) >= 11 is 0. The number of benzene rings is 2. The monoisotopic (exact) mass is 440 g/mol. The fourth-order valence-corrected chi connectivity index (χ4v) is 3.09. The Hall–Kier alpha value is -3.06. The van der Waals surface area contributed by atoms with Gasteiger partial charge in [-0.05, 0) is 49.6 Å². The van der Waals surface area contributed by atoms with E-state index in [1.54, 1.807) is 7.05 Å². The molecule has 32 heavy (non-hydrogen) atoms. The summed E-state index contributed by atoms with van der Waals surface area (Å²) in [6, 6.07) is 14.0. The Kier molecular flexibility index (Phi) is 11.1. The molecule has 0 atom stereocenters. The molecule has 1 amide bonds. The van der Waals surface area contributed by atoms with Crippen molar-refractivity contribution >= 4 is 17.6 Å². The summed E-state index contributed by atoms with van der Waals surface area (Å²) in [4.78, 5) is 16.1. The number of amides is 1. The van der Waals surface area contributed by atoms with E-state index >= 15 is 0 Å². The molecule has 0 aliphatic heterocycles. The normalized spacial score (nSPS) is 11.2. The van der Waals surface area contributed by atoms with Crippen molar-refractivity contribution in [2.24, 2.45) is 4.99 Å². The number of nitrogens with one attached hydrogen (secondary N) is 3. The predicted octanol–water partition coefficient (Wildman–Crippen LogP) is 4.01.